The summed E-state index contributed by atoms with van der Waals surface area (Å²) < 4.78 is 0. The van der Waals surface area contributed by atoms with Crippen LogP contribution in [0.3, 0.4) is 0 Å². The van der Waals surface area contributed by atoms with Crippen LogP contribution in [0.4, 0.5) is 0 Å². The molecule has 70 valence electrons. The molecule has 1 aliphatic carbocycles. The molecule has 0 aromatic carbocycles. The fraction of sp³-hybridized carbons (Fsp3) is 1.00. The standard InChI is InChI=1S/C10H20N2/c1-10(5-3-6-10)11-9-4-7-12(2)8-9/h9,11H,3-8H2,1-2H3. The molecule has 1 saturated carbocycles. The highest BCUT2D eigenvalue weighted by molar-refractivity contribution is 4.95. The van der Waals surface area contributed by atoms with Crippen molar-refractivity contribution in [2.45, 2.75) is 44.2 Å². The molecule has 2 aliphatic rings. The van der Waals surface area contributed by atoms with E-state index in [0.29, 0.717) is 5.54 Å². The van der Waals surface area contributed by atoms with Crippen molar-refractivity contribution in [2.24, 2.45) is 0 Å². The van der Waals surface area contributed by atoms with Crippen molar-refractivity contribution in [1.82, 2.24) is 10.2 Å². The van der Waals surface area contributed by atoms with Crippen LogP contribution in [0.15, 0.2) is 0 Å². The summed E-state index contributed by atoms with van der Waals surface area (Å²) in [5, 5.41) is 3.78. The third-order valence-electron chi connectivity index (χ3n) is 3.40. The Morgan fingerprint density at radius 2 is 2.17 bits per heavy atom. The lowest BCUT2D eigenvalue weighted by Crippen LogP contribution is -2.53. The summed E-state index contributed by atoms with van der Waals surface area (Å²) in [5.41, 5.74) is 0.496. The number of hydrogen-bond donors (Lipinski definition) is 1. The molecule has 1 unspecified atom stereocenters. The maximum absolute atomic E-state index is 3.78. The van der Waals surface area contributed by atoms with Gasteiger partial charge >= 0.3 is 0 Å². The minimum absolute atomic E-state index is 0.496. The lowest BCUT2D eigenvalue weighted by Gasteiger charge is -2.41. The van der Waals surface area contributed by atoms with Gasteiger partial charge in [-0.15, -0.1) is 0 Å². The Labute approximate surface area is 75.3 Å². The van der Waals surface area contributed by atoms with Crippen LogP contribution in [0.2, 0.25) is 0 Å². The zero-order valence-corrected chi connectivity index (χ0v) is 8.27. The van der Waals surface area contributed by atoms with Gasteiger partial charge in [0.05, 0.1) is 0 Å². The SMILES string of the molecule is CN1CCC(NC2(C)CCC2)C1. The largest absolute Gasteiger partial charge is 0.307 e. The van der Waals surface area contributed by atoms with E-state index < -0.39 is 0 Å². The van der Waals surface area contributed by atoms with Gasteiger partial charge in [0.15, 0.2) is 0 Å². The van der Waals surface area contributed by atoms with Gasteiger partial charge in [-0.1, -0.05) is 0 Å². The zero-order valence-electron chi connectivity index (χ0n) is 8.27. The molecule has 1 aliphatic heterocycles. The van der Waals surface area contributed by atoms with E-state index >= 15 is 0 Å². The van der Waals surface area contributed by atoms with E-state index in [4.69, 9.17) is 0 Å². The van der Waals surface area contributed by atoms with Crippen LogP contribution >= 0.6 is 0 Å². The van der Waals surface area contributed by atoms with Crippen molar-refractivity contribution in [1.29, 1.82) is 0 Å². The number of likely N-dealkylation sites (tertiary alicyclic amines) is 1. The Balaban J connectivity index is 1.79. The normalized spacial score (nSPS) is 35.0. The van der Waals surface area contributed by atoms with Gasteiger partial charge in [0.1, 0.15) is 0 Å². The van der Waals surface area contributed by atoms with Gasteiger partial charge in [-0.2, -0.15) is 0 Å². The van der Waals surface area contributed by atoms with Crippen molar-refractivity contribution in [3.63, 3.8) is 0 Å². The Kier molecular flexibility index (Phi) is 2.13. The number of rotatable bonds is 2. The van der Waals surface area contributed by atoms with Gasteiger partial charge in [0.2, 0.25) is 0 Å². The molecule has 2 fully saturated rings. The first-order chi connectivity index (χ1) is 5.68. The van der Waals surface area contributed by atoms with Crippen LogP contribution in [-0.2, 0) is 0 Å². The van der Waals surface area contributed by atoms with E-state index in [1.165, 1.54) is 38.8 Å². The Morgan fingerprint density at radius 3 is 2.58 bits per heavy atom. The Morgan fingerprint density at radius 1 is 1.42 bits per heavy atom. The molecule has 0 aromatic rings. The van der Waals surface area contributed by atoms with E-state index in [0.717, 1.165) is 6.04 Å². The molecule has 1 atom stereocenters. The summed E-state index contributed by atoms with van der Waals surface area (Å²) in [6, 6.07) is 0.764. The van der Waals surface area contributed by atoms with Gasteiger partial charge in [0, 0.05) is 18.1 Å². The summed E-state index contributed by atoms with van der Waals surface area (Å²) in [6.45, 7) is 4.89. The van der Waals surface area contributed by atoms with Gasteiger partial charge in [-0.05, 0) is 46.2 Å². The van der Waals surface area contributed by atoms with Crippen molar-refractivity contribution in [3.05, 3.63) is 0 Å². The summed E-state index contributed by atoms with van der Waals surface area (Å²) in [7, 11) is 2.21. The fourth-order valence-electron chi connectivity index (χ4n) is 2.40. The van der Waals surface area contributed by atoms with E-state index in [9.17, 15) is 0 Å². The van der Waals surface area contributed by atoms with Crippen LogP contribution in [-0.4, -0.2) is 36.6 Å². The second-order valence-corrected chi connectivity index (χ2v) is 4.81. The molecule has 1 N–H and O–H groups in total. The van der Waals surface area contributed by atoms with Crippen molar-refractivity contribution < 1.29 is 0 Å². The molecule has 2 heteroatoms. The molecule has 0 bridgehead atoms. The highest BCUT2D eigenvalue weighted by atomic mass is 15.2. The minimum atomic E-state index is 0.496. The van der Waals surface area contributed by atoms with Gasteiger partial charge in [0.25, 0.3) is 0 Å². The average Bonchev–Trinajstić information content (AvgIpc) is 2.32. The van der Waals surface area contributed by atoms with Gasteiger partial charge in [-0.25, -0.2) is 0 Å². The number of nitrogens with one attached hydrogen (secondary N) is 1. The summed E-state index contributed by atoms with van der Waals surface area (Å²) in [4.78, 5) is 2.42. The highest BCUT2D eigenvalue weighted by Gasteiger charge is 2.34. The molecular weight excluding hydrogens is 148 g/mol. The zero-order chi connectivity index (χ0) is 8.60. The first kappa shape index (κ1) is 8.52. The maximum Gasteiger partial charge on any atom is 0.0212 e. The lowest BCUT2D eigenvalue weighted by atomic mass is 9.78. The highest BCUT2D eigenvalue weighted by Crippen LogP contribution is 2.32. The summed E-state index contributed by atoms with van der Waals surface area (Å²) in [5.74, 6) is 0. The molecular formula is C10H20N2. The number of hydrogen-bond acceptors (Lipinski definition) is 2. The summed E-state index contributed by atoms with van der Waals surface area (Å²) in [6.07, 6.45) is 5.53. The molecule has 1 saturated heterocycles. The number of likely N-dealkylation sites (N-methyl/N-ethyl adjacent to an activating group) is 1. The van der Waals surface area contributed by atoms with Crippen molar-refractivity contribution in [2.75, 3.05) is 20.1 Å². The topological polar surface area (TPSA) is 15.3 Å². The first-order valence-electron chi connectivity index (χ1n) is 5.14. The van der Waals surface area contributed by atoms with E-state index in [2.05, 4.69) is 24.2 Å². The predicted molar refractivity (Wildman–Crippen MR) is 51.3 cm³/mol. The Bertz CT molecular complexity index is 163. The van der Waals surface area contributed by atoms with Crippen LogP contribution in [0.1, 0.15) is 32.6 Å². The van der Waals surface area contributed by atoms with Gasteiger partial charge in [-0.3, -0.25) is 0 Å². The third-order valence-corrected chi connectivity index (χ3v) is 3.40. The Hall–Kier alpha value is -0.0800. The smallest absolute Gasteiger partial charge is 0.0212 e. The quantitative estimate of drug-likeness (QED) is 0.667. The predicted octanol–water partition coefficient (Wildman–Crippen LogP) is 1.22. The second kappa shape index (κ2) is 3.00. The number of nitrogens with zero attached hydrogens (tertiary/aromatic N) is 1. The molecule has 0 amide bonds. The van der Waals surface area contributed by atoms with Gasteiger partial charge < -0.3 is 10.2 Å². The molecule has 0 aromatic heterocycles. The van der Waals surface area contributed by atoms with Crippen LogP contribution < -0.4 is 5.32 Å². The summed E-state index contributed by atoms with van der Waals surface area (Å²) >= 11 is 0. The van der Waals surface area contributed by atoms with Crippen molar-refractivity contribution in [3.8, 4) is 0 Å². The minimum Gasteiger partial charge on any atom is -0.307 e. The fourth-order valence-corrected chi connectivity index (χ4v) is 2.40. The second-order valence-electron chi connectivity index (χ2n) is 4.81. The molecule has 0 spiro atoms. The average molecular weight is 168 g/mol. The van der Waals surface area contributed by atoms with E-state index in [-0.39, 0.29) is 0 Å². The molecule has 0 radical (unpaired) electrons. The van der Waals surface area contributed by atoms with Crippen molar-refractivity contribution >= 4 is 0 Å². The van der Waals surface area contributed by atoms with E-state index in [1.807, 2.05) is 0 Å². The first-order valence-corrected chi connectivity index (χ1v) is 5.14. The lowest BCUT2D eigenvalue weighted by molar-refractivity contribution is 0.185. The monoisotopic (exact) mass is 168 g/mol. The van der Waals surface area contributed by atoms with Crippen LogP contribution in [0.25, 0.3) is 0 Å². The van der Waals surface area contributed by atoms with Crippen LogP contribution in [0.5, 0.6) is 0 Å². The molecule has 2 nitrogen and oxygen atoms in total. The maximum atomic E-state index is 3.78. The van der Waals surface area contributed by atoms with E-state index in [1.54, 1.807) is 0 Å². The molecule has 12 heavy (non-hydrogen) atoms. The molecule has 1 heterocycles. The third kappa shape index (κ3) is 1.64. The van der Waals surface area contributed by atoms with Crippen LogP contribution in [0, 0.1) is 0 Å². The molecule has 2 rings (SSSR count).